The molecular weight excluding hydrogens is 336 g/mol. The third kappa shape index (κ3) is 5.55. The average Bonchev–Trinajstić information content (AvgIpc) is 3.03. The lowest BCUT2D eigenvalue weighted by Gasteiger charge is -2.32. The maximum Gasteiger partial charge on any atom is 0.272 e. The number of nitrogens with one attached hydrogen (secondary N) is 1. The van der Waals surface area contributed by atoms with Crippen LogP contribution in [0.25, 0.3) is 0 Å². The van der Waals surface area contributed by atoms with Crippen molar-refractivity contribution in [1.82, 2.24) is 15.1 Å². The fourth-order valence-electron chi connectivity index (χ4n) is 3.41. The van der Waals surface area contributed by atoms with Crippen molar-refractivity contribution in [3.63, 3.8) is 0 Å². The number of halogens is 3. The molecule has 1 aromatic carbocycles. The van der Waals surface area contributed by atoms with Crippen LogP contribution in [0, 0.1) is 0 Å². The number of likely N-dealkylation sites (tertiary alicyclic amines) is 1. The zero-order valence-corrected chi connectivity index (χ0v) is 14.6. The van der Waals surface area contributed by atoms with E-state index in [9.17, 15) is 8.78 Å². The van der Waals surface area contributed by atoms with Gasteiger partial charge >= 0.3 is 0 Å². The third-order valence-electron chi connectivity index (χ3n) is 4.62. The fraction of sp³-hybridized carbons (Fsp3) is 0.647. The Kier molecular flexibility index (Phi) is 7.68. The van der Waals surface area contributed by atoms with E-state index in [1.807, 2.05) is 12.1 Å². The van der Waals surface area contributed by atoms with Gasteiger partial charge < -0.3 is 10.1 Å². The van der Waals surface area contributed by atoms with Gasteiger partial charge in [0, 0.05) is 51.9 Å². The van der Waals surface area contributed by atoms with Crippen molar-refractivity contribution >= 4 is 12.4 Å². The van der Waals surface area contributed by atoms with Crippen LogP contribution in [0.3, 0.4) is 0 Å². The number of hydrogen-bond donors (Lipinski definition) is 1. The fourth-order valence-corrected chi connectivity index (χ4v) is 3.41. The van der Waals surface area contributed by atoms with Gasteiger partial charge in [0.05, 0.1) is 0 Å². The number of hydrogen-bond acceptors (Lipinski definition) is 4. The molecule has 1 aromatic rings. The van der Waals surface area contributed by atoms with Crippen LogP contribution >= 0.6 is 12.4 Å². The van der Waals surface area contributed by atoms with Gasteiger partial charge in [0.15, 0.2) is 0 Å². The van der Waals surface area contributed by atoms with Crippen LogP contribution in [0.15, 0.2) is 24.3 Å². The van der Waals surface area contributed by atoms with Crippen molar-refractivity contribution < 1.29 is 13.5 Å². The third-order valence-corrected chi connectivity index (χ3v) is 4.62. The van der Waals surface area contributed by atoms with E-state index in [1.165, 1.54) is 12.0 Å². The maximum atomic E-state index is 12.1. The van der Waals surface area contributed by atoms with Crippen LogP contribution in [-0.2, 0) is 6.54 Å². The van der Waals surface area contributed by atoms with E-state index in [2.05, 4.69) is 15.1 Å². The quantitative estimate of drug-likeness (QED) is 0.841. The van der Waals surface area contributed by atoms with Crippen molar-refractivity contribution in [3.05, 3.63) is 29.8 Å². The van der Waals surface area contributed by atoms with Gasteiger partial charge in [-0.2, -0.15) is 0 Å². The average molecular weight is 362 g/mol. The summed E-state index contributed by atoms with van der Waals surface area (Å²) >= 11 is 0. The number of piperazine rings is 1. The Bertz CT molecular complexity index is 483. The standard InChI is InChI=1S/C17H25F2N3O.ClH/c18-17(19)13-23-16-3-1-14(2-4-16)11-21-8-5-15(12-21)22-9-6-20-7-10-22;/h1-4,15,17,20H,5-13H2;1H. The molecule has 24 heavy (non-hydrogen) atoms. The van der Waals surface area contributed by atoms with Crippen molar-refractivity contribution in [2.45, 2.75) is 25.4 Å². The number of nitrogens with zero attached hydrogens (tertiary/aromatic N) is 2. The molecule has 7 heteroatoms. The molecule has 2 fully saturated rings. The molecule has 0 saturated carbocycles. The highest BCUT2D eigenvalue weighted by Gasteiger charge is 2.28. The Balaban J connectivity index is 0.00000208. The number of alkyl halides is 2. The molecule has 1 atom stereocenters. The second kappa shape index (κ2) is 9.51. The van der Waals surface area contributed by atoms with Gasteiger partial charge in [-0.1, -0.05) is 12.1 Å². The highest BCUT2D eigenvalue weighted by atomic mass is 35.5. The summed E-state index contributed by atoms with van der Waals surface area (Å²) in [5.74, 6) is 0.508. The summed E-state index contributed by atoms with van der Waals surface area (Å²) in [4.78, 5) is 5.07. The molecule has 0 aromatic heterocycles. The Hall–Kier alpha value is -0.950. The van der Waals surface area contributed by atoms with E-state index in [4.69, 9.17) is 4.74 Å². The smallest absolute Gasteiger partial charge is 0.272 e. The Morgan fingerprint density at radius 2 is 1.83 bits per heavy atom. The molecule has 0 radical (unpaired) electrons. The SMILES string of the molecule is Cl.FC(F)COc1ccc(CN2CCC(N3CCNCC3)C2)cc1. The van der Waals surface area contributed by atoms with Gasteiger partial charge in [0.1, 0.15) is 12.4 Å². The zero-order valence-electron chi connectivity index (χ0n) is 13.8. The van der Waals surface area contributed by atoms with Crippen molar-refractivity contribution in [2.75, 3.05) is 45.9 Å². The van der Waals surface area contributed by atoms with Gasteiger partial charge in [0.25, 0.3) is 6.43 Å². The highest BCUT2D eigenvalue weighted by Crippen LogP contribution is 2.20. The molecule has 2 aliphatic heterocycles. The summed E-state index contributed by atoms with van der Waals surface area (Å²) in [6, 6.07) is 8.17. The van der Waals surface area contributed by atoms with Gasteiger partial charge in [-0.25, -0.2) is 8.78 Å². The van der Waals surface area contributed by atoms with Crippen LogP contribution in [-0.4, -0.2) is 68.1 Å². The first-order chi connectivity index (χ1) is 11.2. The molecule has 1 N–H and O–H groups in total. The van der Waals surface area contributed by atoms with Crippen LogP contribution in [0.2, 0.25) is 0 Å². The molecular formula is C17H26ClF2N3O. The van der Waals surface area contributed by atoms with Crippen molar-refractivity contribution in [2.24, 2.45) is 0 Å². The lowest BCUT2D eigenvalue weighted by atomic mass is 10.2. The molecule has 1 unspecified atom stereocenters. The molecule has 2 aliphatic rings. The lowest BCUT2D eigenvalue weighted by Crippen LogP contribution is -2.49. The van der Waals surface area contributed by atoms with Crippen LogP contribution in [0.4, 0.5) is 8.78 Å². The Labute approximate surface area is 148 Å². The summed E-state index contributed by atoms with van der Waals surface area (Å²) < 4.78 is 29.3. The lowest BCUT2D eigenvalue weighted by molar-refractivity contribution is 0.0819. The van der Waals surface area contributed by atoms with E-state index in [0.29, 0.717) is 11.8 Å². The van der Waals surface area contributed by atoms with Gasteiger partial charge in [-0.05, 0) is 24.1 Å². The number of ether oxygens (including phenoxy) is 1. The van der Waals surface area contributed by atoms with E-state index in [1.54, 1.807) is 12.1 Å². The first-order valence-electron chi connectivity index (χ1n) is 8.38. The first kappa shape index (κ1) is 19.4. The highest BCUT2D eigenvalue weighted by molar-refractivity contribution is 5.85. The predicted molar refractivity (Wildman–Crippen MR) is 93.3 cm³/mol. The Morgan fingerprint density at radius 1 is 1.12 bits per heavy atom. The van der Waals surface area contributed by atoms with E-state index >= 15 is 0 Å². The summed E-state index contributed by atoms with van der Waals surface area (Å²) in [6.45, 7) is 7.09. The zero-order chi connectivity index (χ0) is 16.1. The second-order valence-electron chi connectivity index (χ2n) is 6.31. The number of benzene rings is 1. The number of rotatable bonds is 6. The summed E-state index contributed by atoms with van der Waals surface area (Å²) in [5, 5.41) is 3.40. The van der Waals surface area contributed by atoms with E-state index < -0.39 is 13.0 Å². The molecule has 0 aliphatic carbocycles. The largest absolute Gasteiger partial charge is 0.488 e. The summed E-state index contributed by atoms with van der Waals surface area (Å²) in [7, 11) is 0. The summed E-state index contributed by atoms with van der Waals surface area (Å²) in [6.07, 6.45) is -1.20. The topological polar surface area (TPSA) is 27.7 Å². The molecule has 3 rings (SSSR count). The maximum absolute atomic E-state index is 12.1. The predicted octanol–water partition coefficient (Wildman–Crippen LogP) is 2.23. The minimum atomic E-state index is -2.43. The van der Waals surface area contributed by atoms with Gasteiger partial charge in [-0.3, -0.25) is 9.80 Å². The molecule has 0 spiro atoms. The normalized spacial score (nSPS) is 22.5. The molecule has 2 saturated heterocycles. The molecule has 2 heterocycles. The van der Waals surface area contributed by atoms with Gasteiger partial charge in [0.2, 0.25) is 0 Å². The Morgan fingerprint density at radius 3 is 2.50 bits per heavy atom. The van der Waals surface area contributed by atoms with Crippen molar-refractivity contribution in [1.29, 1.82) is 0 Å². The van der Waals surface area contributed by atoms with Crippen LogP contribution < -0.4 is 10.1 Å². The minimum absolute atomic E-state index is 0. The second-order valence-corrected chi connectivity index (χ2v) is 6.31. The molecule has 0 bridgehead atoms. The minimum Gasteiger partial charge on any atom is -0.488 e. The van der Waals surface area contributed by atoms with Gasteiger partial charge in [-0.15, -0.1) is 12.4 Å². The van der Waals surface area contributed by atoms with Crippen LogP contribution in [0.5, 0.6) is 5.75 Å². The molecule has 0 amide bonds. The van der Waals surface area contributed by atoms with E-state index in [-0.39, 0.29) is 12.4 Å². The monoisotopic (exact) mass is 361 g/mol. The van der Waals surface area contributed by atoms with Crippen molar-refractivity contribution in [3.8, 4) is 5.75 Å². The molecule has 4 nitrogen and oxygen atoms in total. The first-order valence-corrected chi connectivity index (χ1v) is 8.38. The van der Waals surface area contributed by atoms with Crippen LogP contribution in [0.1, 0.15) is 12.0 Å². The molecule has 136 valence electrons. The summed E-state index contributed by atoms with van der Waals surface area (Å²) in [5.41, 5.74) is 1.20. The van der Waals surface area contributed by atoms with E-state index in [0.717, 1.165) is 45.8 Å².